The first kappa shape index (κ1) is 14.8. The third-order valence-corrected chi connectivity index (χ3v) is 3.90. The molecule has 2 aromatic rings. The Balaban J connectivity index is 2.22. The minimum absolute atomic E-state index is 0.0646. The monoisotopic (exact) mass is 290 g/mol. The number of amides is 1. The number of pyridine rings is 1. The summed E-state index contributed by atoms with van der Waals surface area (Å²) < 4.78 is 0. The molecule has 2 rings (SSSR count). The van der Waals surface area contributed by atoms with E-state index in [1.807, 2.05) is 31.2 Å². The Labute approximate surface area is 124 Å². The molecule has 1 amide bonds. The number of alkyl halides is 1. The quantitative estimate of drug-likeness (QED) is 0.852. The fourth-order valence-electron chi connectivity index (χ4n) is 2.10. The average molecular weight is 291 g/mol. The Morgan fingerprint density at radius 2 is 2.20 bits per heavy atom. The van der Waals surface area contributed by atoms with Crippen LogP contribution in [0, 0.1) is 0 Å². The number of rotatable bonds is 5. The predicted octanol–water partition coefficient (Wildman–Crippen LogP) is 3.76. The highest BCUT2D eigenvalue weighted by Crippen LogP contribution is 2.18. The number of aromatic nitrogens is 1. The van der Waals surface area contributed by atoms with Gasteiger partial charge in [-0.25, -0.2) is 0 Å². The number of fused-ring (bicyclic) bond motifs is 1. The standard InChI is InChI=1S/C16H19ClN2O/c1-3-16(2,8-9-17)19-15(20)13-6-7-14-12(11-13)5-4-10-18-14/h4-7,10-11H,3,8-9H2,1-2H3,(H,19,20). The van der Waals surface area contributed by atoms with E-state index in [0.29, 0.717) is 11.4 Å². The lowest BCUT2D eigenvalue weighted by atomic mass is 9.95. The topological polar surface area (TPSA) is 42.0 Å². The van der Waals surface area contributed by atoms with Crippen molar-refractivity contribution in [3.8, 4) is 0 Å². The van der Waals surface area contributed by atoms with Crippen LogP contribution in [0.15, 0.2) is 36.5 Å². The van der Waals surface area contributed by atoms with E-state index < -0.39 is 0 Å². The number of nitrogens with one attached hydrogen (secondary N) is 1. The molecule has 1 aromatic carbocycles. The summed E-state index contributed by atoms with van der Waals surface area (Å²) in [7, 11) is 0. The molecular weight excluding hydrogens is 272 g/mol. The van der Waals surface area contributed by atoms with Crippen LogP contribution in [0.1, 0.15) is 37.0 Å². The van der Waals surface area contributed by atoms with E-state index in [-0.39, 0.29) is 11.4 Å². The largest absolute Gasteiger partial charge is 0.347 e. The fourth-order valence-corrected chi connectivity index (χ4v) is 2.52. The molecule has 0 aliphatic heterocycles. The number of benzene rings is 1. The van der Waals surface area contributed by atoms with Gasteiger partial charge < -0.3 is 5.32 Å². The molecule has 1 N–H and O–H groups in total. The molecule has 1 unspecified atom stereocenters. The van der Waals surface area contributed by atoms with Crippen LogP contribution in [0.2, 0.25) is 0 Å². The van der Waals surface area contributed by atoms with Gasteiger partial charge in [-0.1, -0.05) is 13.0 Å². The van der Waals surface area contributed by atoms with Crippen molar-refractivity contribution in [2.75, 3.05) is 5.88 Å². The van der Waals surface area contributed by atoms with Crippen LogP contribution < -0.4 is 5.32 Å². The lowest BCUT2D eigenvalue weighted by Gasteiger charge is -2.29. The van der Waals surface area contributed by atoms with E-state index in [1.165, 1.54) is 0 Å². The molecule has 0 radical (unpaired) electrons. The SMILES string of the molecule is CCC(C)(CCCl)NC(=O)c1ccc2ncccc2c1. The van der Waals surface area contributed by atoms with Gasteiger partial charge in [-0.3, -0.25) is 9.78 Å². The minimum atomic E-state index is -0.261. The van der Waals surface area contributed by atoms with Crippen molar-refractivity contribution in [1.29, 1.82) is 0 Å². The molecule has 0 aliphatic carbocycles. The zero-order valence-electron chi connectivity index (χ0n) is 11.8. The first-order valence-corrected chi connectivity index (χ1v) is 7.35. The van der Waals surface area contributed by atoms with E-state index in [2.05, 4.69) is 17.2 Å². The van der Waals surface area contributed by atoms with Crippen molar-refractivity contribution in [3.05, 3.63) is 42.1 Å². The second kappa shape index (κ2) is 6.23. The van der Waals surface area contributed by atoms with Crippen molar-refractivity contribution in [1.82, 2.24) is 10.3 Å². The summed E-state index contributed by atoms with van der Waals surface area (Å²) in [5, 5.41) is 4.05. The summed E-state index contributed by atoms with van der Waals surface area (Å²) in [6.45, 7) is 4.08. The maximum atomic E-state index is 12.4. The summed E-state index contributed by atoms with van der Waals surface area (Å²) in [4.78, 5) is 16.6. The molecule has 0 spiro atoms. The van der Waals surface area contributed by atoms with Gasteiger partial charge in [-0.05, 0) is 44.0 Å². The van der Waals surface area contributed by atoms with E-state index in [4.69, 9.17) is 11.6 Å². The van der Waals surface area contributed by atoms with Gasteiger partial charge in [-0.2, -0.15) is 0 Å². The number of hydrogen-bond acceptors (Lipinski definition) is 2. The summed E-state index contributed by atoms with van der Waals surface area (Å²) in [6.07, 6.45) is 3.35. The molecule has 1 aromatic heterocycles. The number of hydrogen-bond donors (Lipinski definition) is 1. The molecule has 106 valence electrons. The van der Waals surface area contributed by atoms with Crippen molar-refractivity contribution in [3.63, 3.8) is 0 Å². The molecule has 0 saturated heterocycles. The maximum Gasteiger partial charge on any atom is 0.251 e. The highest BCUT2D eigenvalue weighted by atomic mass is 35.5. The molecule has 1 atom stereocenters. The third kappa shape index (κ3) is 3.28. The minimum Gasteiger partial charge on any atom is -0.347 e. The molecular formula is C16H19ClN2O. The van der Waals surface area contributed by atoms with E-state index in [1.54, 1.807) is 12.3 Å². The maximum absolute atomic E-state index is 12.4. The van der Waals surface area contributed by atoms with Crippen molar-refractivity contribution < 1.29 is 4.79 Å². The zero-order chi connectivity index (χ0) is 14.6. The normalized spacial score (nSPS) is 13.9. The van der Waals surface area contributed by atoms with Gasteiger partial charge in [0.05, 0.1) is 5.52 Å². The summed E-state index contributed by atoms with van der Waals surface area (Å²) in [5.41, 5.74) is 1.28. The summed E-state index contributed by atoms with van der Waals surface area (Å²) in [5.74, 6) is 0.469. The lowest BCUT2D eigenvalue weighted by Crippen LogP contribution is -2.45. The van der Waals surface area contributed by atoms with Gasteiger partial charge in [0.1, 0.15) is 0 Å². The fraction of sp³-hybridized carbons (Fsp3) is 0.375. The Kier molecular flexibility index (Phi) is 4.61. The Morgan fingerprint density at radius 3 is 2.90 bits per heavy atom. The Bertz CT molecular complexity index is 614. The molecule has 1 heterocycles. The average Bonchev–Trinajstić information content (AvgIpc) is 2.47. The van der Waals surface area contributed by atoms with Gasteiger partial charge >= 0.3 is 0 Å². The highest BCUT2D eigenvalue weighted by Gasteiger charge is 2.24. The van der Waals surface area contributed by atoms with Gasteiger partial charge in [0.15, 0.2) is 0 Å². The molecule has 20 heavy (non-hydrogen) atoms. The van der Waals surface area contributed by atoms with Gasteiger partial charge in [0.2, 0.25) is 0 Å². The molecule has 3 nitrogen and oxygen atoms in total. The van der Waals surface area contributed by atoms with Crippen LogP contribution in [0.5, 0.6) is 0 Å². The van der Waals surface area contributed by atoms with Gasteiger partial charge in [-0.15, -0.1) is 11.6 Å². The van der Waals surface area contributed by atoms with Crippen LogP contribution in [-0.4, -0.2) is 22.3 Å². The molecule has 4 heteroatoms. The number of halogens is 1. The Hall–Kier alpha value is -1.61. The number of nitrogens with zero attached hydrogens (tertiary/aromatic N) is 1. The smallest absolute Gasteiger partial charge is 0.251 e. The zero-order valence-corrected chi connectivity index (χ0v) is 12.6. The van der Waals surface area contributed by atoms with Crippen LogP contribution >= 0.6 is 11.6 Å². The van der Waals surface area contributed by atoms with Crippen molar-refractivity contribution >= 4 is 28.4 Å². The molecule has 0 bridgehead atoms. The highest BCUT2D eigenvalue weighted by molar-refractivity contribution is 6.17. The second-order valence-electron chi connectivity index (χ2n) is 5.22. The summed E-state index contributed by atoms with van der Waals surface area (Å²) in [6, 6.07) is 9.37. The van der Waals surface area contributed by atoms with Gasteiger partial charge in [0, 0.05) is 28.6 Å². The van der Waals surface area contributed by atoms with Crippen molar-refractivity contribution in [2.45, 2.75) is 32.2 Å². The molecule has 0 aliphatic rings. The second-order valence-corrected chi connectivity index (χ2v) is 5.60. The van der Waals surface area contributed by atoms with Gasteiger partial charge in [0.25, 0.3) is 5.91 Å². The van der Waals surface area contributed by atoms with Crippen LogP contribution in [0.25, 0.3) is 10.9 Å². The molecule has 0 saturated carbocycles. The number of carbonyl (C=O) groups excluding carboxylic acids is 1. The number of carbonyl (C=O) groups is 1. The van der Waals surface area contributed by atoms with Crippen LogP contribution in [0.4, 0.5) is 0 Å². The predicted molar refractivity (Wildman–Crippen MR) is 83.2 cm³/mol. The van der Waals surface area contributed by atoms with Crippen molar-refractivity contribution in [2.24, 2.45) is 0 Å². The Morgan fingerprint density at radius 1 is 1.40 bits per heavy atom. The van der Waals surface area contributed by atoms with E-state index in [0.717, 1.165) is 23.7 Å². The third-order valence-electron chi connectivity index (χ3n) is 3.71. The first-order chi connectivity index (χ1) is 9.58. The van der Waals surface area contributed by atoms with E-state index in [9.17, 15) is 4.79 Å². The van der Waals surface area contributed by atoms with E-state index >= 15 is 0 Å². The molecule has 0 fully saturated rings. The lowest BCUT2D eigenvalue weighted by molar-refractivity contribution is 0.0901. The van der Waals surface area contributed by atoms with Crippen LogP contribution in [-0.2, 0) is 0 Å². The van der Waals surface area contributed by atoms with Crippen LogP contribution in [0.3, 0.4) is 0 Å². The summed E-state index contributed by atoms with van der Waals surface area (Å²) >= 11 is 5.81. The first-order valence-electron chi connectivity index (χ1n) is 6.81.